The zero-order chi connectivity index (χ0) is 18.4. The topological polar surface area (TPSA) is 66.6 Å². The summed E-state index contributed by atoms with van der Waals surface area (Å²) in [6.45, 7) is 2.64. The lowest BCUT2D eigenvalue weighted by Gasteiger charge is -2.35. The van der Waals surface area contributed by atoms with E-state index < -0.39 is 0 Å². The fraction of sp³-hybridized carbons (Fsp3) is 0.619. The highest BCUT2D eigenvalue weighted by Gasteiger charge is 2.25. The van der Waals surface area contributed by atoms with Crippen LogP contribution in [0.1, 0.15) is 50.5 Å². The molecule has 0 unspecified atom stereocenters. The molecule has 2 amide bonds. The van der Waals surface area contributed by atoms with E-state index in [1.807, 2.05) is 34.1 Å². The number of anilines is 1. The molecule has 1 heterocycles. The number of carbonyl (C=O) groups excluding carboxylic acids is 2. The van der Waals surface area contributed by atoms with Gasteiger partial charge < -0.3 is 15.5 Å². The van der Waals surface area contributed by atoms with Gasteiger partial charge in [-0.15, -0.1) is 12.4 Å². The van der Waals surface area contributed by atoms with Gasteiger partial charge in [0.1, 0.15) is 0 Å². The minimum absolute atomic E-state index is 0. The van der Waals surface area contributed by atoms with Crippen molar-refractivity contribution in [3.05, 3.63) is 29.8 Å². The lowest BCUT2D eigenvalue weighted by molar-refractivity contribution is -0.139. The highest BCUT2D eigenvalue weighted by atomic mass is 35.5. The Morgan fingerprint density at radius 3 is 2.07 bits per heavy atom. The summed E-state index contributed by atoms with van der Waals surface area (Å²) in [5, 5.41) is 0. The number of hydrogen-bond donors (Lipinski definition) is 1. The number of hydrogen-bond acceptors (Lipinski definition) is 3. The number of nitrogen functional groups attached to an aromatic ring is 1. The van der Waals surface area contributed by atoms with Crippen molar-refractivity contribution in [1.82, 2.24) is 9.80 Å². The summed E-state index contributed by atoms with van der Waals surface area (Å²) < 4.78 is 0. The number of halogens is 1. The van der Waals surface area contributed by atoms with Crippen molar-refractivity contribution in [3.63, 3.8) is 0 Å². The molecular formula is C21H32ClN3O2. The van der Waals surface area contributed by atoms with E-state index in [-0.39, 0.29) is 24.2 Å². The van der Waals surface area contributed by atoms with Crippen LogP contribution in [-0.4, -0.2) is 47.8 Å². The van der Waals surface area contributed by atoms with E-state index in [2.05, 4.69) is 0 Å². The smallest absolute Gasteiger partial charge is 0.223 e. The van der Waals surface area contributed by atoms with Gasteiger partial charge in [0.25, 0.3) is 0 Å². The molecule has 5 nitrogen and oxygen atoms in total. The van der Waals surface area contributed by atoms with Gasteiger partial charge in [-0.3, -0.25) is 9.59 Å². The van der Waals surface area contributed by atoms with Crippen molar-refractivity contribution in [2.75, 3.05) is 31.9 Å². The number of piperazine rings is 1. The maximum Gasteiger partial charge on any atom is 0.223 e. The minimum atomic E-state index is 0. The van der Waals surface area contributed by atoms with Gasteiger partial charge in [-0.25, -0.2) is 0 Å². The molecule has 3 rings (SSSR count). The molecule has 1 aliphatic heterocycles. The molecule has 1 aromatic carbocycles. The second-order valence-corrected chi connectivity index (χ2v) is 7.65. The van der Waals surface area contributed by atoms with Gasteiger partial charge in [0.15, 0.2) is 0 Å². The average Bonchev–Trinajstić information content (AvgIpc) is 3.19. The Kier molecular flexibility index (Phi) is 8.42. The van der Waals surface area contributed by atoms with Crippen molar-refractivity contribution in [2.45, 2.75) is 51.4 Å². The minimum Gasteiger partial charge on any atom is -0.399 e. The van der Waals surface area contributed by atoms with Crippen molar-refractivity contribution < 1.29 is 9.59 Å². The lowest BCUT2D eigenvalue weighted by atomic mass is 10.0. The molecule has 1 saturated heterocycles. The number of carbonyl (C=O) groups is 2. The van der Waals surface area contributed by atoms with E-state index in [1.165, 1.54) is 25.7 Å². The highest BCUT2D eigenvalue weighted by molar-refractivity contribution is 5.85. The molecule has 0 aromatic heterocycles. The third-order valence-electron chi connectivity index (χ3n) is 5.89. The predicted molar refractivity (Wildman–Crippen MR) is 111 cm³/mol. The summed E-state index contributed by atoms with van der Waals surface area (Å²) in [7, 11) is 0. The van der Waals surface area contributed by atoms with Crippen LogP contribution in [0.3, 0.4) is 0 Å². The third kappa shape index (κ3) is 6.13. The second-order valence-electron chi connectivity index (χ2n) is 7.65. The van der Waals surface area contributed by atoms with Crippen molar-refractivity contribution in [1.29, 1.82) is 0 Å². The Morgan fingerprint density at radius 1 is 0.926 bits per heavy atom. The largest absolute Gasteiger partial charge is 0.399 e. The highest BCUT2D eigenvalue weighted by Crippen LogP contribution is 2.28. The van der Waals surface area contributed by atoms with Crippen LogP contribution in [-0.2, 0) is 16.0 Å². The normalized spacial score (nSPS) is 17.6. The van der Waals surface area contributed by atoms with E-state index in [0.717, 1.165) is 23.6 Å². The molecule has 150 valence electrons. The van der Waals surface area contributed by atoms with E-state index in [1.54, 1.807) is 0 Å². The first kappa shape index (κ1) is 21.5. The Balaban J connectivity index is 0.00000261. The molecule has 0 bridgehead atoms. The van der Waals surface area contributed by atoms with E-state index in [0.29, 0.717) is 45.4 Å². The number of rotatable bonds is 6. The van der Waals surface area contributed by atoms with Crippen molar-refractivity contribution in [2.24, 2.45) is 5.92 Å². The van der Waals surface area contributed by atoms with Crippen LogP contribution < -0.4 is 5.73 Å². The Hall–Kier alpha value is -1.75. The number of nitrogens with zero attached hydrogens (tertiary/aromatic N) is 2. The van der Waals surface area contributed by atoms with Gasteiger partial charge in [0.2, 0.25) is 11.8 Å². The number of aryl methyl sites for hydroxylation is 1. The van der Waals surface area contributed by atoms with Gasteiger partial charge in [0, 0.05) is 44.7 Å². The standard InChI is InChI=1S/C21H31N3O2.ClH/c22-19-8-4-3-7-18(19)10-12-21(26)24-15-13-23(14-16-24)20(25)11-9-17-5-1-2-6-17;/h3-4,7-8,17H,1-2,5-6,9-16,22H2;1H. The van der Waals surface area contributed by atoms with Gasteiger partial charge in [0.05, 0.1) is 0 Å². The Bertz CT molecular complexity index is 624. The number of para-hydroxylation sites is 1. The monoisotopic (exact) mass is 393 g/mol. The number of benzene rings is 1. The van der Waals surface area contributed by atoms with Crippen LogP contribution in [0.4, 0.5) is 5.69 Å². The molecule has 0 radical (unpaired) electrons. The summed E-state index contributed by atoms with van der Waals surface area (Å²) in [5.74, 6) is 1.18. The van der Waals surface area contributed by atoms with E-state index in [4.69, 9.17) is 5.73 Å². The average molecular weight is 394 g/mol. The van der Waals surface area contributed by atoms with Crippen molar-refractivity contribution >= 4 is 29.9 Å². The number of nitrogens with two attached hydrogens (primary N) is 1. The number of amides is 2. The maximum atomic E-state index is 12.4. The van der Waals surface area contributed by atoms with Crippen molar-refractivity contribution in [3.8, 4) is 0 Å². The maximum absolute atomic E-state index is 12.4. The summed E-state index contributed by atoms with van der Waals surface area (Å²) >= 11 is 0. The van der Waals surface area contributed by atoms with Crippen LogP contribution in [0.2, 0.25) is 0 Å². The Labute approximate surface area is 168 Å². The van der Waals surface area contributed by atoms with E-state index in [9.17, 15) is 9.59 Å². The zero-order valence-electron chi connectivity index (χ0n) is 16.1. The summed E-state index contributed by atoms with van der Waals surface area (Å²) in [5.41, 5.74) is 7.72. The second kappa shape index (κ2) is 10.5. The fourth-order valence-electron chi connectivity index (χ4n) is 4.15. The van der Waals surface area contributed by atoms with Gasteiger partial charge in [-0.2, -0.15) is 0 Å². The first-order chi connectivity index (χ1) is 12.6. The molecule has 6 heteroatoms. The fourth-order valence-corrected chi connectivity index (χ4v) is 4.15. The van der Waals surface area contributed by atoms with Crippen LogP contribution in [0.15, 0.2) is 24.3 Å². The molecular weight excluding hydrogens is 362 g/mol. The van der Waals surface area contributed by atoms with E-state index >= 15 is 0 Å². The Morgan fingerprint density at radius 2 is 1.48 bits per heavy atom. The molecule has 2 N–H and O–H groups in total. The van der Waals surface area contributed by atoms with Crippen LogP contribution in [0.25, 0.3) is 0 Å². The quantitative estimate of drug-likeness (QED) is 0.754. The molecule has 1 aromatic rings. The summed E-state index contributed by atoms with van der Waals surface area (Å²) in [6, 6.07) is 7.70. The SMILES string of the molecule is Cl.Nc1ccccc1CCC(=O)N1CCN(C(=O)CCC2CCCC2)CC1. The van der Waals surface area contributed by atoms with Gasteiger partial charge in [-0.05, 0) is 30.4 Å². The summed E-state index contributed by atoms with van der Waals surface area (Å²) in [4.78, 5) is 28.7. The zero-order valence-corrected chi connectivity index (χ0v) is 16.9. The molecule has 0 spiro atoms. The lowest BCUT2D eigenvalue weighted by Crippen LogP contribution is -2.50. The molecule has 27 heavy (non-hydrogen) atoms. The molecule has 0 atom stereocenters. The molecule has 1 aliphatic carbocycles. The first-order valence-electron chi connectivity index (χ1n) is 10.0. The van der Waals surface area contributed by atoms with Gasteiger partial charge in [-0.1, -0.05) is 43.9 Å². The van der Waals surface area contributed by atoms with Crippen LogP contribution in [0, 0.1) is 5.92 Å². The van der Waals surface area contributed by atoms with Gasteiger partial charge >= 0.3 is 0 Å². The third-order valence-corrected chi connectivity index (χ3v) is 5.89. The molecule has 2 fully saturated rings. The van der Waals surface area contributed by atoms with Crippen LogP contribution >= 0.6 is 12.4 Å². The van der Waals surface area contributed by atoms with Crippen LogP contribution in [0.5, 0.6) is 0 Å². The molecule has 2 aliphatic rings. The first-order valence-corrected chi connectivity index (χ1v) is 10.0. The molecule has 1 saturated carbocycles. The summed E-state index contributed by atoms with van der Waals surface area (Å²) in [6.07, 6.45) is 8.10. The predicted octanol–water partition coefficient (Wildman–Crippen LogP) is 3.26.